The number of nitrogens with one attached hydrogen (secondary N) is 1. The molecule has 0 spiro atoms. The van der Waals surface area contributed by atoms with Crippen LogP contribution in [0.3, 0.4) is 0 Å². The molecule has 2 heterocycles. The van der Waals surface area contributed by atoms with Crippen molar-refractivity contribution in [3.8, 4) is 0 Å². The molecule has 20 heavy (non-hydrogen) atoms. The first kappa shape index (κ1) is 14.4. The normalized spacial score (nSPS) is 44.3. The number of hydrogen-bond donors (Lipinski definition) is 1. The van der Waals surface area contributed by atoms with Gasteiger partial charge in [-0.05, 0) is 62.7 Å². The number of carbonyl (C=O) groups is 1. The summed E-state index contributed by atoms with van der Waals surface area (Å²) in [4.78, 5) is 12.2. The Balaban J connectivity index is 1.45. The van der Waals surface area contributed by atoms with E-state index in [4.69, 9.17) is 4.74 Å². The smallest absolute Gasteiger partial charge is 0.306 e. The van der Waals surface area contributed by atoms with Gasteiger partial charge in [0, 0.05) is 18.5 Å². The van der Waals surface area contributed by atoms with Crippen LogP contribution in [0.25, 0.3) is 0 Å². The van der Waals surface area contributed by atoms with Crippen molar-refractivity contribution < 1.29 is 9.53 Å². The fourth-order valence-corrected chi connectivity index (χ4v) is 4.78. The van der Waals surface area contributed by atoms with Gasteiger partial charge in [0.05, 0.1) is 0 Å². The number of hydrogen-bond acceptors (Lipinski definition) is 3. The fourth-order valence-electron chi connectivity index (χ4n) is 4.78. The van der Waals surface area contributed by atoms with E-state index in [-0.39, 0.29) is 12.1 Å². The fraction of sp³-hybridized carbons (Fsp3) is 0.941. The average Bonchev–Trinajstić information content (AvgIpc) is 2.67. The molecule has 0 amide bonds. The Bertz CT molecular complexity index is 329. The molecule has 0 aromatic heterocycles. The van der Waals surface area contributed by atoms with Crippen molar-refractivity contribution in [3.05, 3.63) is 0 Å². The van der Waals surface area contributed by atoms with Crippen LogP contribution >= 0.6 is 0 Å². The molecule has 1 aliphatic carbocycles. The van der Waals surface area contributed by atoms with E-state index >= 15 is 0 Å². The molecule has 2 saturated heterocycles. The van der Waals surface area contributed by atoms with Gasteiger partial charge in [-0.1, -0.05) is 13.8 Å². The third-order valence-electron chi connectivity index (χ3n) is 5.46. The van der Waals surface area contributed by atoms with Crippen molar-refractivity contribution in [2.24, 2.45) is 17.8 Å². The Morgan fingerprint density at radius 2 is 1.60 bits per heavy atom. The average molecular weight is 279 g/mol. The Morgan fingerprint density at radius 3 is 2.20 bits per heavy atom. The Morgan fingerprint density at radius 1 is 1.00 bits per heavy atom. The summed E-state index contributed by atoms with van der Waals surface area (Å²) in [5.74, 6) is 2.01. The van der Waals surface area contributed by atoms with Crippen molar-refractivity contribution in [2.45, 2.75) is 83.4 Å². The van der Waals surface area contributed by atoms with Crippen molar-refractivity contribution in [2.75, 3.05) is 0 Å². The number of piperidine rings is 1. The third kappa shape index (κ3) is 3.55. The molecule has 3 fully saturated rings. The summed E-state index contributed by atoms with van der Waals surface area (Å²) in [6, 6.07) is 1.34. The van der Waals surface area contributed by atoms with Gasteiger partial charge >= 0.3 is 5.97 Å². The highest BCUT2D eigenvalue weighted by molar-refractivity contribution is 5.70. The van der Waals surface area contributed by atoms with Crippen LogP contribution in [0.4, 0.5) is 0 Å². The molecule has 1 saturated carbocycles. The van der Waals surface area contributed by atoms with Gasteiger partial charge in [0.15, 0.2) is 0 Å². The van der Waals surface area contributed by atoms with Gasteiger partial charge in [0.25, 0.3) is 0 Å². The van der Waals surface area contributed by atoms with Crippen molar-refractivity contribution >= 4 is 5.97 Å². The van der Waals surface area contributed by atoms with E-state index in [2.05, 4.69) is 19.2 Å². The maximum absolute atomic E-state index is 12.2. The van der Waals surface area contributed by atoms with Gasteiger partial charge in [-0.2, -0.15) is 0 Å². The SMILES string of the molecule is CC1CC(C)CC(OC(=O)CC2CC3CCC(C2)N3)C1. The van der Waals surface area contributed by atoms with E-state index in [1.54, 1.807) is 0 Å². The Labute approximate surface area is 122 Å². The lowest BCUT2D eigenvalue weighted by atomic mass is 9.81. The zero-order valence-electron chi connectivity index (χ0n) is 12.9. The van der Waals surface area contributed by atoms with E-state index in [9.17, 15) is 4.79 Å². The minimum Gasteiger partial charge on any atom is -0.462 e. The number of ether oxygens (including phenoxy) is 1. The van der Waals surface area contributed by atoms with Crippen LogP contribution in [0, 0.1) is 17.8 Å². The predicted molar refractivity (Wildman–Crippen MR) is 79.3 cm³/mol. The topological polar surface area (TPSA) is 38.3 Å². The minimum atomic E-state index is 0.0580. The van der Waals surface area contributed by atoms with Crippen LogP contribution in [0.1, 0.15) is 65.2 Å². The number of rotatable bonds is 3. The second-order valence-electron chi connectivity index (χ2n) is 7.71. The van der Waals surface area contributed by atoms with Gasteiger partial charge in [-0.3, -0.25) is 4.79 Å². The lowest BCUT2D eigenvalue weighted by Crippen LogP contribution is -2.39. The predicted octanol–water partition coefficient (Wildman–Crippen LogP) is 3.28. The Kier molecular flexibility index (Phi) is 4.34. The summed E-state index contributed by atoms with van der Waals surface area (Å²) in [6.45, 7) is 4.56. The highest BCUT2D eigenvalue weighted by Crippen LogP contribution is 2.34. The summed E-state index contributed by atoms with van der Waals surface area (Å²) in [7, 11) is 0. The van der Waals surface area contributed by atoms with E-state index < -0.39 is 0 Å². The Hall–Kier alpha value is -0.570. The van der Waals surface area contributed by atoms with Crippen LogP contribution in [-0.4, -0.2) is 24.2 Å². The van der Waals surface area contributed by atoms with E-state index in [1.807, 2.05) is 0 Å². The quantitative estimate of drug-likeness (QED) is 0.806. The molecule has 2 bridgehead atoms. The minimum absolute atomic E-state index is 0.0580. The van der Waals surface area contributed by atoms with E-state index in [0.29, 0.717) is 36.3 Å². The van der Waals surface area contributed by atoms with E-state index in [0.717, 1.165) is 12.8 Å². The van der Waals surface area contributed by atoms with Crippen molar-refractivity contribution in [3.63, 3.8) is 0 Å². The second kappa shape index (κ2) is 6.05. The zero-order chi connectivity index (χ0) is 14.1. The van der Waals surface area contributed by atoms with Crippen molar-refractivity contribution in [1.82, 2.24) is 5.32 Å². The largest absolute Gasteiger partial charge is 0.462 e. The maximum atomic E-state index is 12.2. The lowest BCUT2D eigenvalue weighted by molar-refractivity contribution is -0.153. The summed E-state index contributed by atoms with van der Waals surface area (Å²) < 4.78 is 5.77. The summed E-state index contributed by atoms with van der Waals surface area (Å²) in [6.07, 6.45) is 9.17. The summed E-state index contributed by atoms with van der Waals surface area (Å²) in [5, 5.41) is 3.63. The van der Waals surface area contributed by atoms with Crippen LogP contribution in [0.15, 0.2) is 0 Å². The zero-order valence-corrected chi connectivity index (χ0v) is 12.9. The molecule has 4 atom stereocenters. The first-order chi connectivity index (χ1) is 9.58. The highest BCUT2D eigenvalue weighted by Gasteiger charge is 2.35. The molecule has 114 valence electrons. The summed E-state index contributed by atoms with van der Waals surface area (Å²) >= 11 is 0. The molecule has 4 unspecified atom stereocenters. The molecular formula is C17H29NO2. The number of carbonyl (C=O) groups excluding carboxylic acids is 1. The monoisotopic (exact) mass is 279 g/mol. The van der Waals surface area contributed by atoms with Crippen LogP contribution in [-0.2, 0) is 9.53 Å². The van der Waals surface area contributed by atoms with Gasteiger partial charge in [-0.25, -0.2) is 0 Å². The third-order valence-corrected chi connectivity index (χ3v) is 5.46. The molecule has 3 aliphatic rings. The second-order valence-corrected chi connectivity index (χ2v) is 7.71. The number of fused-ring (bicyclic) bond motifs is 2. The molecule has 3 nitrogen and oxygen atoms in total. The van der Waals surface area contributed by atoms with Crippen LogP contribution in [0.5, 0.6) is 0 Å². The number of esters is 1. The van der Waals surface area contributed by atoms with Crippen LogP contribution in [0.2, 0.25) is 0 Å². The van der Waals surface area contributed by atoms with Gasteiger partial charge in [0.1, 0.15) is 6.10 Å². The molecule has 0 aromatic carbocycles. The molecule has 3 heteroatoms. The van der Waals surface area contributed by atoms with E-state index in [1.165, 1.54) is 32.1 Å². The standard InChI is InChI=1S/C17H29NO2/c1-11-5-12(2)7-16(6-11)20-17(19)10-13-8-14-3-4-15(9-13)18-14/h11-16,18H,3-10H2,1-2H3. The lowest BCUT2D eigenvalue weighted by Gasteiger charge is -2.32. The summed E-state index contributed by atoms with van der Waals surface area (Å²) in [5.41, 5.74) is 0. The maximum Gasteiger partial charge on any atom is 0.306 e. The molecule has 3 rings (SSSR count). The van der Waals surface area contributed by atoms with Crippen LogP contribution < -0.4 is 5.32 Å². The first-order valence-electron chi connectivity index (χ1n) is 8.54. The molecule has 0 aromatic rings. The van der Waals surface area contributed by atoms with Gasteiger partial charge < -0.3 is 10.1 Å². The molecular weight excluding hydrogens is 250 g/mol. The van der Waals surface area contributed by atoms with Gasteiger partial charge in [0.2, 0.25) is 0 Å². The molecule has 0 radical (unpaired) electrons. The molecule has 1 N–H and O–H groups in total. The first-order valence-corrected chi connectivity index (χ1v) is 8.54. The molecule has 2 aliphatic heterocycles. The van der Waals surface area contributed by atoms with Gasteiger partial charge in [-0.15, -0.1) is 0 Å². The van der Waals surface area contributed by atoms with Crippen molar-refractivity contribution in [1.29, 1.82) is 0 Å². The highest BCUT2D eigenvalue weighted by atomic mass is 16.5.